The first-order valence-electron chi connectivity index (χ1n) is 4.38. The van der Waals surface area contributed by atoms with Gasteiger partial charge in [-0.1, -0.05) is 0 Å². The lowest BCUT2D eigenvalue weighted by Crippen LogP contribution is -1.99. The topological polar surface area (TPSA) is 30.0 Å². The van der Waals surface area contributed by atoms with Crippen LogP contribution in [0.5, 0.6) is 0 Å². The highest BCUT2D eigenvalue weighted by Gasteiger charge is 2.11. The minimum Gasteiger partial charge on any atom is -0.288 e. The molecule has 2 rings (SSSR count). The number of rotatable bonds is 2. The van der Waals surface area contributed by atoms with Gasteiger partial charge in [-0.25, -0.2) is 4.39 Å². The van der Waals surface area contributed by atoms with Crippen LogP contribution in [0.4, 0.5) is 4.39 Å². The molecule has 0 aliphatic rings. The molecular weight excluding hydrogens is 213 g/mol. The Labute approximate surface area is 90.4 Å². The van der Waals surface area contributed by atoms with Crippen LogP contribution >= 0.6 is 11.3 Å². The number of pyridine rings is 1. The Hall–Kier alpha value is -1.55. The zero-order valence-electron chi connectivity index (χ0n) is 8.03. The van der Waals surface area contributed by atoms with Gasteiger partial charge in [0.1, 0.15) is 5.82 Å². The molecule has 0 saturated heterocycles. The highest BCUT2D eigenvalue weighted by molar-refractivity contribution is 7.14. The maximum absolute atomic E-state index is 12.8. The number of ketones is 1. The summed E-state index contributed by atoms with van der Waals surface area (Å²) >= 11 is 1.40. The number of carbonyl (C=O) groups excluding carboxylic acids is 1. The Morgan fingerprint density at radius 3 is 2.80 bits per heavy atom. The predicted molar refractivity (Wildman–Crippen MR) is 56.7 cm³/mol. The maximum Gasteiger partial charge on any atom is 0.204 e. The lowest BCUT2D eigenvalue weighted by molar-refractivity contribution is 0.104. The SMILES string of the molecule is Cc1ccc(C(=O)c2cncc(F)c2)s1. The van der Waals surface area contributed by atoms with Crippen LogP contribution in [0.3, 0.4) is 0 Å². The summed E-state index contributed by atoms with van der Waals surface area (Å²) in [6.45, 7) is 1.92. The first-order chi connectivity index (χ1) is 7.16. The number of aryl methyl sites for hydroxylation is 1. The molecule has 0 spiro atoms. The van der Waals surface area contributed by atoms with Gasteiger partial charge >= 0.3 is 0 Å². The van der Waals surface area contributed by atoms with Gasteiger partial charge in [-0.05, 0) is 25.1 Å². The molecule has 76 valence electrons. The zero-order valence-corrected chi connectivity index (χ0v) is 8.84. The van der Waals surface area contributed by atoms with Crippen LogP contribution in [-0.4, -0.2) is 10.8 Å². The van der Waals surface area contributed by atoms with Gasteiger partial charge in [-0.3, -0.25) is 9.78 Å². The number of thiophene rings is 1. The van der Waals surface area contributed by atoms with Crippen LogP contribution in [0, 0.1) is 12.7 Å². The summed E-state index contributed by atoms with van der Waals surface area (Å²) in [5, 5.41) is 0. The quantitative estimate of drug-likeness (QED) is 0.730. The molecule has 0 bridgehead atoms. The molecule has 0 fully saturated rings. The fourth-order valence-electron chi connectivity index (χ4n) is 1.23. The fourth-order valence-corrected chi connectivity index (χ4v) is 2.06. The summed E-state index contributed by atoms with van der Waals surface area (Å²) in [5.41, 5.74) is 0.289. The number of carbonyl (C=O) groups is 1. The second kappa shape index (κ2) is 3.90. The van der Waals surface area contributed by atoms with E-state index in [1.165, 1.54) is 23.6 Å². The van der Waals surface area contributed by atoms with Crippen LogP contribution < -0.4 is 0 Å². The number of halogens is 1. The Morgan fingerprint density at radius 2 is 2.20 bits per heavy atom. The van der Waals surface area contributed by atoms with Crippen molar-refractivity contribution < 1.29 is 9.18 Å². The smallest absolute Gasteiger partial charge is 0.204 e. The van der Waals surface area contributed by atoms with Gasteiger partial charge in [-0.15, -0.1) is 11.3 Å². The molecular formula is C11H8FNOS. The second-order valence-corrected chi connectivity index (χ2v) is 4.42. The highest BCUT2D eigenvalue weighted by atomic mass is 32.1. The third kappa shape index (κ3) is 2.10. The molecule has 0 unspecified atom stereocenters. The van der Waals surface area contributed by atoms with Gasteiger partial charge in [0.25, 0.3) is 0 Å². The van der Waals surface area contributed by atoms with E-state index in [1.807, 2.05) is 13.0 Å². The summed E-state index contributed by atoms with van der Waals surface area (Å²) in [6.07, 6.45) is 2.46. The summed E-state index contributed by atoms with van der Waals surface area (Å²) in [5.74, 6) is -0.672. The van der Waals surface area contributed by atoms with Crippen LogP contribution in [0.1, 0.15) is 20.1 Å². The van der Waals surface area contributed by atoms with E-state index in [0.29, 0.717) is 4.88 Å². The maximum atomic E-state index is 12.8. The second-order valence-electron chi connectivity index (χ2n) is 3.13. The van der Waals surface area contributed by atoms with E-state index in [2.05, 4.69) is 4.98 Å². The number of aromatic nitrogens is 1. The molecule has 2 nitrogen and oxygen atoms in total. The van der Waals surface area contributed by atoms with E-state index in [0.717, 1.165) is 11.1 Å². The summed E-state index contributed by atoms with van der Waals surface area (Å²) in [7, 11) is 0. The molecule has 4 heteroatoms. The highest BCUT2D eigenvalue weighted by Crippen LogP contribution is 2.18. The van der Waals surface area contributed by atoms with Gasteiger partial charge in [-0.2, -0.15) is 0 Å². The molecule has 15 heavy (non-hydrogen) atoms. The molecule has 0 saturated carbocycles. The van der Waals surface area contributed by atoms with Crippen molar-refractivity contribution in [3.63, 3.8) is 0 Å². The fraction of sp³-hybridized carbons (Fsp3) is 0.0909. The Balaban J connectivity index is 2.36. The number of hydrogen-bond donors (Lipinski definition) is 0. The van der Waals surface area contributed by atoms with Gasteiger partial charge in [0.05, 0.1) is 11.1 Å². The van der Waals surface area contributed by atoms with E-state index in [-0.39, 0.29) is 11.3 Å². The monoisotopic (exact) mass is 221 g/mol. The molecule has 0 aliphatic heterocycles. The molecule has 2 heterocycles. The van der Waals surface area contributed by atoms with Gasteiger partial charge in [0.15, 0.2) is 0 Å². The molecule has 0 radical (unpaired) electrons. The molecule has 0 aromatic carbocycles. The van der Waals surface area contributed by atoms with Crippen LogP contribution in [0.25, 0.3) is 0 Å². The minimum absolute atomic E-state index is 0.180. The lowest BCUT2D eigenvalue weighted by atomic mass is 10.1. The molecule has 2 aromatic rings. The van der Waals surface area contributed by atoms with Crippen LogP contribution in [-0.2, 0) is 0 Å². The largest absolute Gasteiger partial charge is 0.288 e. The third-order valence-electron chi connectivity index (χ3n) is 1.93. The van der Waals surface area contributed by atoms with Crippen molar-refractivity contribution in [3.05, 3.63) is 51.7 Å². The van der Waals surface area contributed by atoms with Gasteiger partial charge in [0, 0.05) is 16.6 Å². The van der Waals surface area contributed by atoms with E-state index in [4.69, 9.17) is 0 Å². The van der Waals surface area contributed by atoms with E-state index in [9.17, 15) is 9.18 Å². The molecule has 0 atom stereocenters. The van der Waals surface area contributed by atoms with Crippen molar-refractivity contribution in [2.75, 3.05) is 0 Å². The minimum atomic E-state index is -0.492. The lowest BCUT2D eigenvalue weighted by Gasteiger charge is -1.96. The average Bonchev–Trinajstić information content (AvgIpc) is 2.64. The van der Waals surface area contributed by atoms with Crippen molar-refractivity contribution in [1.29, 1.82) is 0 Å². The van der Waals surface area contributed by atoms with Crippen LogP contribution in [0.2, 0.25) is 0 Å². The van der Waals surface area contributed by atoms with E-state index < -0.39 is 5.82 Å². The number of nitrogens with zero attached hydrogens (tertiary/aromatic N) is 1. The van der Waals surface area contributed by atoms with Crippen molar-refractivity contribution >= 4 is 17.1 Å². The Morgan fingerprint density at radius 1 is 1.40 bits per heavy atom. The van der Waals surface area contributed by atoms with E-state index in [1.54, 1.807) is 6.07 Å². The first kappa shape index (κ1) is 9.98. The summed E-state index contributed by atoms with van der Waals surface area (Å²) < 4.78 is 12.8. The first-order valence-corrected chi connectivity index (χ1v) is 5.20. The summed E-state index contributed by atoms with van der Waals surface area (Å²) in [4.78, 5) is 17.1. The Kier molecular flexibility index (Phi) is 2.60. The average molecular weight is 221 g/mol. The van der Waals surface area contributed by atoms with Crippen molar-refractivity contribution in [1.82, 2.24) is 4.98 Å². The normalized spacial score (nSPS) is 10.3. The number of hydrogen-bond acceptors (Lipinski definition) is 3. The molecule has 2 aromatic heterocycles. The van der Waals surface area contributed by atoms with Crippen LogP contribution in [0.15, 0.2) is 30.6 Å². The van der Waals surface area contributed by atoms with Gasteiger partial charge in [0.2, 0.25) is 5.78 Å². The van der Waals surface area contributed by atoms with Crippen molar-refractivity contribution in [3.8, 4) is 0 Å². The van der Waals surface area contributed by atoms with Gasteiger partial charge < -0.3 is 0 Å². The summed E-state index contributed by atoms with van der Waals surface area (Å²) in [6, 6.07) is 4.81. The van der Waals surface area contributed by atoms with Crippen molar-refractivity contribution in [2.24, 2.45) is 0 Å². The molecule has 0 aliphatic carbocycles. The zero-order chi connectivity index (χ0) is 10.8. The predicted octanol–water partition coefficient (Wildman–Crippen LogP) is 2.82. The third-order valence-corrected chi connectivity index (χ3v) is 2.93. The van der Waals surface area contributed by atoms with Crippen molar-refractivity contribution in [2.45, 2.75) is 6.92 Å². The standard InChI is InChI=1S/C11H8FNOS/c1-7-2-3-10(15-7)11(14)8-4-9(12)6-13-5-8/h2-6H,1H3. The molecule has 0 N–H and O–H groups in total. The van der Waals surface area contributed by atoms with E-state index >= 15 is 0 Å². The Bertz CT molecular complexity index is 507. The molecule has 0 amide bonds.